The molecule has 0 spiro atoms. The molecule has 0 bridgehead atoms. The molecule has 17 heavy (non-hydrogen) atoms. The fourth-order valence-corrected chi connectivity index (χ4v) is 3.59. The zero-order chi connectivity index (χ0) is 13.3. The van der Waals surface area contributed by atoms with Gasteiger partial charge in [0.05, 0.1) is 0 Å². The molecule has 3 atom stereocenters. The third-order valence-corrected chi connectivity index (χ3v) is 4.80. The molecule has 0 aromatic rings. The average molecular weight is 240 g/mol. The molecule has 0 saturated heterocycles. The molecule has 2 N–H and O–H groups in total. The smallest absolute Gasteiger partial charge is 0.0356 e. The second-order valence-corrected chi connectivity index (χ2v) is 7.38. The molecular weight excluding hydrogens is 208 g/mol. The van der Waals surface area contributed by atoms with E-state index in [0.29, 0.717) is 11.3 Å². The molecule has 1 aliphatic carbocycles. The maximum absolute atomic E-state index is 6.17. The van der Waals surface area contributed by atoms with Crippen LogP contribution in [0.3, 0.4) is 0 Å². The van der Waals surface area contributed by atoms with Crippen molar-refractivity contribution in [3.05, 3.63) is 0 Å². The van der Waals surface area contributed by atoms with E-state index in [1.165, 1.54) is 19.3 Å². The van der Waals surface area contributed by atoms with Gasteiger partial charge in [0.15, 0.2) is 0 Å². The van der Waals surface area contributed by atoms with Gasteiger partial charge in [-0.15, -0.1) is 0 Å². The Bertz CT molecular complexity index is 244. The topological polar surface area (TPSA) is 29.3 Å². The number of rotatable bonds is 3. The first-order valence-electron chi connectivity index (χ1n) is 7.14. The van der Waals surface area contributed by atoms with Crippen LogP contribution in [0.15, 0.2) is 0 Å². The van der Waals surface area contributed by atoms with Crippen LogP contribution in [0.2, 0.25) is 0 Å². The predicted molar refractivity (Wildman–Crippen MR) is 76.0 cm³/mol. The number of hydrogen-bond donors (Lipinski definition) is 1. The molecule has 1 fully saturated rings. The highest BCUT2D eigenvalue weighted by Gasteiger charge is 2.44. The molecule has 102 valence electrons. The van der Waals surface area contributed by atoms with Crippen LogP contribution in [0.25, 0.3) is 0 Å². The SMILES string of the molecule is CC1CCCC(CN)(N(C)CC(C)(C)C)C1C. The van der Waals surface area contributed by atoms with Gasteiger partial charge >= 0.3 is 0 Å². The zero-order valence-corrected chi connectivity index (χ0v) is 12.7. The standard InChI is InChI=1S/C15H32N2/c1-12-8-7-9-15(10-16,13(12)2)17(6)11-14(3,4)5/h12-13H,7-11,16H2,1-6H3. The molecule has 0 aliphatic heterocycles. The molecule has 0 radical (unpaired) electrons. The molecular formula is C15H32N2. The quantitative estimate of drug-likeness (QED) is 0.821. The van der Waals surface area contributed by atoms with E-state index in [4.69, 9.17) is 5.73 Å². The van der Waals surface area contributed by atoms with Crippen molar-refractivity contribution in [2.24, 2.45) is 23.0 Å². The predicted octanol–water partition coefficient (Wildman–Crippen LogP) is 3.12. The van der Waals surface area contributed by atoms with E-state index in [-0.39, 0.29) is 5.54 Å². The largest absolute Gasteiger partial charge is 0.329 e. The Labute approximate surface area is 108 Å². The molecule has 0 aromatic heterocycles. The summed E-state index contributed by atoms with van der Waals surface area (Å²) < 4.78 is 0. The number of nitrogens with zero attached hydrogens (tertiary/aromatic N) is 1. The van der Waals surface area contributed by atoms with Crippen molar-refractivity contribution in [1.82, 2.24) is 4.90 Å². The maximum Gasteiger partial charge on any atom is 0.0356 e. The van der Waals surface area contributed by atoms with E-state index < -0.39 is 0 Å². The van der Waals surface area contributed by atoms with E-state index in [1.54, 1.807) is 0 Å². The molecule has 0 amide bonds. The summed E-state index contributed by atoms with van der Waals surface area (Å²) in [6.45, 7) is 13.6. The van der Waals surface area contributed by atoms with Crippen molar-refractivity contribution in [2.45, 2.75) is 59.4 Å². The van der Waals surface area contributed by atoms with Gasteiger partial charge in [-0.25, -0.2) is 0 Å². The first-order chi connectivity index (χ1) is 7.73. The van der Waals surface area contributed by atoms with E-state index in [0.717, 1.165) is 19.0 Å². The van der Waals surface area contributed by atoms with Gasteiger partial charge in [-0.2, -0.15) is 0 Å². The van der Waals surface area contributed by atoms with Crippen molar-refractivity contribution in [2.75, 3.05) is 20.1 Å². The Hall–Kier alpha value is -0.0800. The van der Waals surface area contributed by atoms with E-state index in [2.05, 4.69) is 46.6 Å². The summed E-state index contributed by atoms with van der Waals surface area (Å²) in [5, 5.41) is 0. The lowest BCUT2D eigenvalue weighted by Gasteiger charge is -2.52. The van der Waals surface area contributed by atoms with E-state index in [9.17, 15) is 0 Å². The first-order valence-corrected chi connectivity index (χ1v) is 7.14. The average Bonchev–Trinajstić information content (AvgIpc) is 2.20. The third kappa shape index (κ3) is 3.23. The fraction of sp³-hybridized carbons (Fsp3) is 1.00. The maximum atomic E-state index is 6.17. The highest BCUT2D eigenvalue weighted by Crippen LogP contribution is 2.41. The van der Waals surface area contributed by atoms with E-state index >= 15 is 0 Å². The summed E-state index contributed by atoms with van der Waals surface area (Å²) in [7, 11) is 2.27. The minimum absolute atomic E-state index is 0.227. The van der Waals surface area contributed by atoms with Crippen LogP contribution in [0, 0.1) is 17.3 Å². The fourth-order valence-electron chi connectivity index (χ4n) is 3.59. The van der Waals surface area contributed by atoms with Crippen LogP contribution in [0.4, 0.5) is 0 Å². The summed E-state index contributed by atoms with van der Waals surface area (Å²) >= 11 is 0. The number of hydrogen-bond acceptors (Lipinski definition) is 2. The minimum Gasteiger partial charge on any atom is -0.329 e. The molecule has 1 aliphatic rings. The van der Waals surface area contributed by atoms with Gasteiger partial charge < -0.3 is 5.73 Å². The summed E-state index contributed by atoms with van der Waals surface area (Å²) in [4.78, 5) is 2.55. The van der Waals surface area contributed by atoms with Gasteiger partial charge in [-0.05, 0) is 30.7 Å². The van der Waals surface area contributed by atoms with Gasteiger partial charge in [-0.3, -0.25) is 4.90 Å². The van der Waals surface area contributed by atoms with E-state index in [1.807, 2.05) is 0 Å². The summed E-state index contributed by atoms with van der Waals surface area (Å²) in [5.41, 5.74) is 6.74. The van der Waals surface area contributed by atoms with Crippen molar-refractivity contribution in [1.29, 1.82) is 0 Å². The molecule has 3 unspecified atom stereocenters. The Morgan fingerprint density at radius 3 is 2.35 bits per heavy atom. The highest BCUT2D eigenvalue weighted by atomic mass is 15.2. The molecule has 1 rings (SSSR count). The van der Waals surface area contributed by atoms with Gasteiger partial charge in [0.25, 0.3) is 0 Å². The van der Waals surface area contributed by atoms with Crippen molar-refractivity contribution in [3.8, 4) is 0 Å². The van der Waals surface area contributed by atoms with Crippen LogP contribution in [-0.4, -0.2) is 30.6 Å². The Balaban J connectivity index is 2.86. The summed E-state index contributed by atoms with van der Waals surface area (Å²) in [6, 6.07) is 0. The molecule has 1 saturated carbocycles. The van der Waals surface area contributed by atoms with Crippen molar-refractivity contribution in [3.63, 3.8) is 0 Å². The third-order valence-electron chi connectivity index (χ3n) is 4.80. The lowest BCUT2D eigenvalue weighted by Crippen LogP contribution is -2.60. The molecule has 0 aromatic carbocycles. The van der Waals surface area contributed by atoms with Crippen LogP contribution in [0.1, 0.15) is 53.9 Å². The first kappa shape index (κ1) is 15.0. The highest BCUT2D eigenvalue weighted by molar-refractivity contribution is 5.00. The zero-order valence-electron chi connectivity index (χ0n) is 12.7. The Morgan fingerprint density at radius 1 is 1.29 bits per heavy atom. The Morgan fingerprint density at radius 2 is 1.88 bits per heavy atom. The minimum atomic E-state index is 0.227. The molecule has 2 heteroatoms. The van der Waals surface area contributed by atoms with Gasteiger partial charge in [0.2, 0.25) is 0 Å². The molecule has 0 heterocycles. The van der Waals surface area contributed by atoms with Crippen LogP contribution < -0.4 is 5.73 Å². The second-order valence-electron chi connectivity index (χ2n) is 7.38. The van der Waals surface area contributed by atoms with Crippen molar-refractivity contribution < 1.29 is 0 Å². The normalized spacial score (nSPS) is 35.3. The van der Waals surface area contributed by atoms with Crippen LogP contribution in [0.5, 0.6) is 0 Å². The monoisotopic (exact) mass is 240 g/mol. The number of nitrogens with two attached hydrogens (primary N) is 1. The summed E-state index contributed by atoms with van der Waals surface area (Å²) in [5.74, 6) is 1.50. The van der Waals surface area contributed by atoms with Crippen LogP contribution >= 0.6 is 0 Å². The number of likely N-dealkylation sites (N-methyl/N-ethyl adjacent to an activating group) is 1. The Kier molecular flexibility index (Phi) is 4.65. The summed E-state index contributed by atoms with van der Waals surface area (Å²) in [6.07, 6.45) is 3.96. The van der Waals surface area contributed by atoms with Crippen LogP contribution in [-0.2, 0) is 0 Å². The van der Waals surface area contributed by atoms with Gasteiger partial charge in [0.1, 0.15) is 0 Å². The second kappa shape index (κ2) is 5.27. The van der Waals surface area contributed by atoms with Gasteiger partial charge in [-0.1, -0.05) is 47.5 Å². The molecule has 2 nitrogen and oxygen atoms in total. The van der Waals surface area contributed by atoms with Crippen molar-refractivity contribution >= 4 is 0 Å². The van der Waals surface area contributed by atoms with Gasteiger partial charge in [0, 0.05) is 18.6 Å². The lowest BCUT2D eigenvalue weighted by atomic mass is 9.67. The lowest BCUT2D eigenvalue weighted by molar-refractivity contribution is -0.0105.